The normalized spacial score (nSPS) is 15.4. The van der Waals surface area contributed by atoms with Gasteiger partial charge >= 0.3 is 6.09 Å². The first-order chi connectivity index (χ1) is 11.7. The van der Waals surface area contributed by atoms with Crippen molar-refractivity contribution in [1.29, 1.82) is 0 Å². The van der Waals surface area contributed by atoms with Crippen molar-refractivity contribution in [1.82, 2.24) is 4.90 Å². The lowest BCUT2D eigenvalue weighted by atomic mass is 10.0. The topological polar surface area (TPSA) is 42.7 Å². The summed E-state index contributed by atoms with van der Waals surface area (Å²) in [5.74, 6) is -0.609. The molecule has 1 aliphatic heterocycles. The third-order valence-electron chi connectivity index (χ3n) is 3.84. The molecule has 3 rings (SSSR count). The number of halogens is 3. The summed E-state index contributed by atoms with van der Waals surface area (Å²) in [6.07, 6.45) is 3.75. The van der Waals surface area contributed by atoms with Crippen LogP contribution in [-0.2, 0) is 4.74 Å². The van der Waals surface area contributed by atoms with Crippen molar-refractivity contribution in [3.63, 3.8) is 0 Å². The number of nitrogens with zero attached hydrogens (tertiary/aromatic N) is 1. The van der Waals surface area contributed by atoms with Gasteiger partial charge in [-0.25, -0.2) is 9.18 Å². The number of fused-ring (bicyclic) bond motifs is 1. The lowest BCUT2D eigenvalue weighted by Gasteiger charge is -2.30. The van der Waals surface area contributed by atoms with E-state index in [1.165, 1.54) is 6.26 Å². The van der Waals surface area contributed by atoms with Crippen molar-refractivity contribution in [2.75, 3.05) is 13.1 Å². The quantitative estimate of drug-likeness (QED) is 0.573. The molecular weight excluding hydrogens is 368 g/mol. The van der Waals surface area contributed by atoms with Crippen LogP contribution in [0.5, 0.6) is 0 Å². The fourth-order valence-electron chi connectivity index (χ4n) is 2.77. The molecule has 0 aliphatic carbocycles. The van der Waals surface area contributed by atoms with Crippen molar-refractivity contribution in [3.05, 3.63) is 39.8 Å². The monoisotopic (exact) mass is 385 g/mol. The molecular formula is C18H18Cl2FNO3. The lowest BCUT2D eigenvalue weighted by Crippen LogP contribution is -2.39. The SMILES string of the molecule is CC(C)(C)OC(=O)N1CCC=C(c2coc3c(Cl)cc(F)c(Cl)c23)C1. The van der Waals surface area contributed by atoms with Crippen molar-refractivity contribution in [2.45, 2.75) is 32.8 Å². The van der Waals surface area contributed by atoms with Gasteiger partial charge in [0, 0.05) is 18.7 Å². The number of benzene rings is 1. The Morgan fingerprint density at radius 3 is 2.76 bits per heavy atom. The van der Waals surface area contributed by atoms with Crippen molar-refractivity contribution < 1.29 is 18.3 Å². The van der Waals surface area contributed by atoms with Crippen LogP contribution in [0.25, 0.3) is 16.5 Å². The van der Waals surface area contributed by atoms with Gasteiger partial charge in [-0.2, -0.15) is 0 Å². The highest BCUT2D eigenvalue weighted by Crippen LogP contribution is 2.39. The molecule has 0 spiro atoms. The maximum atomic E-state index is 14.0. The molecule has 7 heteroatoms. The molecule has 2 heterocycles. The summed E-state index contributed by atoms with van der Waals surface area (Å²) in [6.45, 7) is 6.34. The average molecular weight is 386 g/mol. The minimum Gasteiger partial charge on any atom is -0.462 e. The molecule has 0 saturated carbocycles. The van der Waals surface area contributed by atoms with E-state index in [-0.39, 0.29) is 16.1 Å². The summed E-state index contributed by atoms with van der Waals surface area (Å²) in [7, 11) is 0. The Hall–Kier alpha value is -1.72. The fraction of sp³-hybridized carbons (Fsp3) is 0.389. The molecule has 1 amide bonds. The maximum absolute atomic E-state index is 14.0. The summed E-state index contributed by atoms with van der Waals surface area (Å²) in [5, 5.41) is 0.533. The van der Waals surface area contributed by atoms with E-state index < -0.39 is 11.4 Å². The van der Waals surface area contributed by atoms with Crippen LogP contribution in [0.15, 0.2) is 22.8 Å². The molecule has 0 bridgehead atoms. The first-order valence-corrected chi connectivity index (χ1v) is 8.65. The highest BCUT2D eigenvalue weighted by molar-refractivity contribution is 6.40. The van der Waals surface area contributed by atoms with E-state index in [1.54, 1.807) is 4.90 Å². The molecule has 1 aliphatic rings. The van der Waals surface area contributed by atoms with Crippen LogP contribution in [0.3, 0.4) is 0 Å². The van der Waals surface area contributed by atoms with E-state index in [4.69, 9.17) is 32.4 Å². The second-order valence-electron chi connectivity index (χ2n) is 6.93. The number of rotatable bonds is 1. The number of hydrogen-bond acceptors (Lipinski definition) is 3. The van der Waals surface area contributed by atoms with Gasteiger partial charge in [0.25, 0.3) is 0 Å². The van der Waals surface area contributed by atoms with E-state index in [0.29, 0.717) is 36.0 Å². The van der Waals surface area contributed by atoms with Gasteiger partial charge in [0.2, 0.25) is 0 Å². The number of hydrogen-bond donors (Lipinski definition) is 0. The minimum absolute atomic E-state index is 0.0431. The third-order valence-corrected chi connectivity index (χ3v) is 4.49. The van der Waals surface area contributed by atoms with Crippen LogP contribution in [0.4, 0.5) is 9.18 Å². The molecule has 134 valence electrons. The predicted octanol–water partition coefficient (Wildman–Crippen LogP) is 5.90. The second-order valence-corrected chi connectivity index (χ2v) is 7.71. The smallest absolute Gasteiger partial charge is 0.410 e. The Labute approximate surface area is 155 Å². The van der Waals surface area contributed by atoms with Crippen LogP contribution in [0.2, 0.25) is 10.0 Å². The van der Waals surface area contributed by atoms with Gasteiger partial charge in [0.1, 0.15) is 11.4 Å². The highest BCUT2D eigenvalue weighted by Gasteiger charge is 2.27. The zero-order chi connectivity index (χ0) is 18.4. The summed E-state index contributed by atoms with van der Waals surface area (Å²) >= 11 is 12.2. The average Bonchev–Trinajstić information content (AvgIpc) is 2.97. The van der Waals surface area contributed by atoms with Gasteiger partial charge in [-0.05, 0) is 38.8 Å². The van der Waals surface area contributed by atoms with Crippen LogP contribution in [-0.4, -0.2) is 29.7 Å². The third kappa shape index (κ3) is 3.62. The molecule has 25 heavy (non-hydrogen) atoms. The molecule has 2 aromatic rings. The summed E-state index contributed by atoms with van der Waals surface area (Å²) in [6, 6.07) is 1.13. The molecule has 0 radical (unpaired) electrons. The van der Waals surface area contributed by atoms with Crippen LogP contribution in [0.1, 0.15) is 32.8 Å². The van der Waals surface area contributed by atoms with E-state index >= 15 is 0 Å². The van der Waals surface area contributed by atoms with Gasteiger partial charge in [-0.1, -0.05) is 29.3 Å². The Kier molecular flexibility index (Phi) is 4.73. The molecule has 0 N–H and O–H groups in total. The van der Waals surface area contributed by atoms with E-state index in [9.17, 15) is 9.18 Å². The molecule has 1 aromatic carbocycles. The minimum atomic E-state index is -0.609. The summed E-state index contributed by atoms with van der Waals surface area (Å²) in [4.78, 5) is 13.9. The number of carbonyl (C=O) groups is 1. The van der Waals surface area contributed by atoms with Crippen molar-refractivity contribution in [2.24, 2.45) is 0 Å². The Balaban J connectivity index is 1.94. The largest absolute Gasteiger partial charge is 0.462 e. The van der Waals surface area contributed by atoms with Crippen molar-refractivity contribution in [3.8, 4) is 0 Å². The zero-order valence-corrected chi connectivity index (χ0v) is 15.7. The number of carbonyl (C=O) groups excluding carboxylic acids is 1. The van der Waals surface area contributed by atoms with Crippen LogP contribution >= 0.6 is 23.2 Å². The fourth-order valence-corrected chi connectivity index (χ4v) is 3.25. The predicted molar refractivity (Wildman–Crippen MR) is 96.6 cm³/mol. The van der Waals surface area contributed by atoms with E-state index in [2.05, 4.69) is 0 Å². The molecule has 4 nitrogen and oxygen atoms in total. The first kappa shape index (κ1) is 18.1. The van der Waals surface area contributed by atoms with Gasteiger partial charge in [-0.3, -0.25) is 0 Å². The zero-order valence-electron chi connectivity index (χ0n) is 14.2. The van der Waals surface area contributed by atoms with Crippen LogP contribution in [0, 0.1) is 5.82 Å². The number of ether oxygens (including phenoxy) is 1. The van der Waals surface area contributed by atoms with Crippen LogP contribution < -0.4 is 0 Å². The molecule has 1 aromatic heterocycles. The first-order valence-electron chi connectivity index (χ1n) is 7.89. The molecule has 0 saturated heterocycles. The summed E-state index contributed by atoms with van der Waals surface area (Å²) < 4.78 is 24.9. The van der Waals surface area contributed by atoms with E-state index in [0.717, 1.165) is 11.6 Å². The molecule has 0 atom stereocenters. The van der Waals surface area contributed by atoms with Gasteiger partial charge in [0.15, 0.2) is 5.58 Å². The molecule has 0 fully saturated rings. The van der Waals surface area contributed by atoms with Gasteiger partial charge in [0.05, 0.1) is 21.7 Å². The Bertz CT molecular complexity index is 867. The second kappa shape index (κ2) is 6.54. The lowest BCUT2D eigenvalue weighted by molar-refractivity contribution is 0.0273. The Morgan fingerprint density at radius 2 is 2.08 bits per heavy atom. The highest BCUT2D eigenvalue weighted by atomic mass is 35.5. The Morgan fingerprint density at radius 1 is 1.36 bits per heavy atom. The number of amides is 1. The number of furan rings is 1. The standard InChI is InChI=1S/C18H18Cl2FNO3/c1-18(2,3)25-17(23)22-6-4-5-10(8-22)11-9-24-16-12(19)7-13(21)15(20)14(11)16/h5,7,9H,4,6,8H2,1-3H3. The van der Waals surface area contributed by atoms with Crippen molar-refractivity contribution >= 4 is 45.8 Å². The van der Waals surface area contributed by atoms with Gasteiger partial charge in [-0.15, -0.1) is 0 Å². The molecule has 0 unspecified atom stereocenters. The van der Waals surface area contributed by atoms with Gasteiger partial charge < -0.3 is 14.1 Å². The summed E-state index contributed by atoms with van der Waals surface area (Å²) in [5.41, 5.74) is 1.22. The maximum Gasteiger partial charge on any atom is 0.410 e. The van der Waals surface area contributed by atoms with E-state index in [1.807, 2.05) is 26.8 Å².